The summed E-state index contributed by atoms with van der Waals surface area (Å²) in [5, 5.41) is 2.79. The average Bonchev–Trinajstić information content (AvgIpc) is 2.53. The Balaban J connectivity index is 1.91. The number of anilines is 1. The van der Waals surface area contributed by atoms with Crippen LogP contribution in [0.3, 0.4) is 0 Å². The lowest BCUT2D eigenvalue weighted by atomic mass is 9.87. The van der Waals surface area contributed by atoms with Gasteiger partial charge in [0.15, 0.2) is 6.61 Å². The molecule has 0 aliphatic rings. The van der Waals surface area contributed by atoms with Gasteiger partial charge >= 0.3 is 0 Å². The molecule has 2 aromatic rings. The maximum Gasteiger partial charge on any atom is 0.262 e. The van der Waals surface area contributed by atoms with Gasteiger partial charge in [0.05, 0.1) is 7.11 Å². The van der Waals surface area contributed by atoms with Crippen LogP contribution >= 0.6 is 0 Å². The van der Waals surface area contributed by atoms with E-state index in [2.05, 4.69) is 32.2 Å². The van der Waals surface area contributed by atoms with E-state index in [4.69, 9.17) is 9.47 Å². The van der Waals surface area contributed by atoms with Crippen LogP contribution in [0, 0.1) is 0 Å². The molecule has 0 aromatic heterocycles. The minimum atomic E-state index is -0.198. The molecule has 2 rings (SSSR count). The molecule has 0 saturated carbocycles. The monoisotopic (exact) mass is 313 g/mol. The van der Waals surface area contributed by atoms with Crippen molar-refractivity contribution in [2.45, 2.75) is 26.2 Å². The van der Waals surface area contributed by atoms with Crippen molar-refractivity contribution >= 4 is 11.6 Å². The molecule has 0 aliphatic heterocycles. The molecule has 122 valence electrons. The van der Waals surface area contributed by atoms with Crippen LogP contribution in [0.1, 0.15) is 26.3 Å². The summed E-state index contributed by atoms with van der Waals surface area (Å²) in [4.78, 5) is 12.0. The van der Waals surface area contributed by atoms with Gasteiger partial charge in [0.25, 0.3) is 5.91 Å². The van der Waals surface area contributed by atoms with Gasteiger partial charge in [-0.15, -0.1) is 0 Å². The Kier molecular flexibility index (Phi) is 5.27. The molecular formula is C19H23NO3. The molecule has 1 amide bonds. The smallest absolute Gasteiger partial charge is 0.262 e. The standard InChI is InChI=1S/C19H23NO3/c1-19(2,3)14-6-5-7-17(12-14)23-13-18(21)20-15-8-10-16(22-4)11-9-15/h5-12H,13H2,1-4H3,(H,20,21). The number of benzene rings is 2. The maximum atomic E-state index is 12.0. The summed E-state index contributed by atoms with van der Waals surface area (Å²) >= 11 is 0. The highest BCUT2D eigenvalue weighted by Gasteiger charge is 2.14. The number of nitrogens with one attached hydrogen (secondary N) is 1. The Morgan fingerprint density at radius 3 is 2.35 bits per heavy atom. The molecule has 2 aromatic carbocycles. The number of hydrogen-bond donors (Lipinski definition) is 1. The minimum Gasteiger partial charge on any atom is -0.497 e. The van der Waals surface area contributed by atoms with Gasteiger partial charge in [0.2, 0.25) is 0 Å². The summed E-state index contributed by atoms with van der Waals surface area (Å²) in [6, 6.07) is 15.0. The predicted octanol–water partition coefficient (Wildman–Crippen LogP) is 4.01. The molecule has 0 spiro atoms. The number of ether oxygens (including phenoxy) is 2. The van der Waals surface area contributed by atoms with Crippen LogP contribution < -0.4 is 14.8 Å². The highest BCUT2D eigenvalue weighted by atomic mass is 16.5. The molecule has 0 heterocycles. The van der Waals surface area contributed by atoms with E-state index in [9.17, 15) is 4.79 Å². The largest absolute Gasteiger partial charge is 0.497 e. The number of hydrogen-bond acceptors (Lipinski definition) is 3. The molecule has 1 N–H and O–H groups in total. The van der Waals surface area contributed by atoms with Gasteiger partial charge in [-0.2, -0.15) is 0 Å². The fourth-order valence-corrected chi connectivity index (χ4v) is 2.07. The second kappa shape index (κ2) is 7.18. The third-order valence-corrected chi connectivity index (χ3v) is 3.44. The number of carbonyl (C=O) groups excluding carboxylic acids is 1. The van der Waals surface area contributed by atoms with Crippen molar-refractivity contribution in [1.29, 1.82) is 0 Å². The molecule has 4 nitrogen and oxygen atoms in total. The fourth-order valence-electron chi connectivity index (χ4n) is 2.07. The van der Waals surface area contributed by atoms with Gasteiger partial charge in [-0.05, 0) is 47.4 Å². The van der Waals surface area contributed by atoms with E-state index < -0.39 is 0 Å². The fraction of sp³-hybridized carbons (Fsp3) is 0.316. The van der Waals surface area contributed by atoms with E-state index in [1.54, 1.807) is 31.4 Å². The first-order chi connectivity index (χ1) is 10.9. The minimum absolute atomic E-state index is 0.0281. The van der Waals surface area contributed by atoms with Crippen molar-refractivity contribution in [3.63, 3.8) is 0 Å². The molecule has 0 radical (unpaired) electrons. The molecule has 23 heavy (non-hydrogen) atoms. The molecule has 0 bridgehead atoms. The second-order valence-corrected chi connectivity index (χ2v) is 6.34. The summed E-state index contributed by atoms with van der Waals surface area (Å²) in [7, 11) is 1.60. The second-order valence-electron chi connectivity index (χ2n) is 6.34. The molecule has 0 aliphatic carbocycles. The summed E-state index contributed by atoms with van der Waals surface area (Å²) in [5.74, 6) is 1.25. The first-order valence-corrected chi connectivity index (χ1v) is 7.56. The van der Waals surface area contributed by atoms with Crippen LogP contribution in [-0.4, -0.2) is 19.6 Å². The van der Waals surface area contributed by atoms with Crippen molar-refractivity contribution in [2.75, 3.05) is 19.0 Å². The van der Waals surface area contributed by atoms with Crippen LogP contribution in [0.5, 0.6) is 11.5 Å². The quantitative estimate of drug-likeness (QED) is 0.907. The van der Waals surface area contributed by atoms with Crippen LogP contribution in [0.2, 0.25) is 0 Å². The van der Waals surface area contributed by atoms with Crippen molar-refractivity contribution in [3.05, 3.63) is 54.1 Å². The summed E-state index contributed by atoms with van der Waals surface area (Å²) in [6.07, 6.45) is 0. The van der Waals surface area contributed by atoms with Crippen LogP contribution in [0.4, 0.5) is 5.69 Å². The van der Waals surface area contributed by atoms with E-state index in [-0.39, 0.29) is 17.9 Å². The van der Waals surface area contributed by atoms with Gasteiger partial charge in [0.1, 0.15) is 11.5 Å². The van der Waals surface area contributed by atoms with E-state index in [1.165, 1.54) is 5.56 Å². The zero-order valence-corrected chi connectivity index (χ0v) is 14.1. The van der Waals surface area contributed by atoms with Gasteiger partial charge in [-0.25, -0.2) is 0 Å². The summed E-state index contributed by atoms with van der Waals surface area (Å²) in [5.41, 5.74) is 1.93. The SMILES string of the molecule is COc1ccc(NC(=O)COc2cccc(C(C)(C)C)c2)cc1. The Labute approximate surface area is 137 Å². The summed E-state index contributed by atoms with van der Waals surface area (Å²) in [6.45, 7) is 6.40. The Morgan fingerprint density at radius 1 is 1.04 bits per heavy atom. The van der Waals surface area contributed by atoms with Crippen LogP contribution in [-0.2, 0) is 10.2 Å². The highest BCUT2D eigenvalue weighted by Crippen LogP contribution is 2.25. The average molecular weight is 313 g/mol. The van der Waals surface area contributed by atoms with Crippen molar-refractivity contribution in [3.8, 4) is 11.5 Å². The van der Waals surface area contributed by atoms with Crippen molar-refractivity contribution in [1.82, 2.24) is 0 Å². The van der Waals surface area contributed by atoms with E-state index in [0.29, 0.717) is 11.4 Å². The van der Waals surface area contributed by atoms with E-state index >= 15 is 0 Å². The number of methoxy groups -OCH3 is 1. The first kappa shape index (κ1) is 16.9. The number of amides is 1. The molecule has 0 atom stereocenters. The Morgan fingerprint density at radius 2 is 1.74 bits per heavy atom. The lowest BCUT2D eigenvalue weighted by molar-refractivity contribution is -0.118. The van der Waals surface area contributed by atoms with Gasteiger partial charge in [0, 0.05) is 5.69 Å². The topological polar surface area (TPSA) is 47.6 Å². The number of carbonyl (C=O) groups is 1. The third-order valence-electron chi connectivity index (χ3n) is 3.44. The zero-order valence-electron chi connectivity index (χ0n) is 14.1. The van der Waals surface area contributed by atoms with Crippen molar-refractivity contribution in [2.24, 2.45) is 0 Å². The van der Waals surface area contributed by atoms with Gasteiger partial charge < -0.3 is 14.8 Å². The number of rotatable bonds is 5. The lowest BCUT2D eigenvalue weighted by Crippen LogP contribution is -2.20. The molecule has 0 fully saturated rings. The van der Waals surface area contributed by atoms with Crippen LogP contribution in [0.25, 0.3) is 0 Å². The summed E-state index contributed by atoms with van der Waals surface area (Å²) < 4.78 is 10.7. The Bertz CT molecular complexity index is 657. The molecular weight excluding hydrogens is 290 g/mol. The maximum absolute atomic E-state index is 12.0. The molecule has 0 unspecified atom stereocenters. The highest BCUT2D eigenvalue weighted by molar-refractivity contribution is 5.91. The lowest BCUT2D eigenvalue weighted by Gasteiger charge is -2.19. The zero-order chi connectivity index (χ0) is 16.9. The van der Waals surface area contributed by atoms with E-state index in [0.717, 1.165) is 5.75 Å². The van der Waals surface area contributed by atoms with Crippen molar-refractivity contribution < 1.29 is 14.3 Å². The van der Waals surface area contributed by atoms with Gasteiger partial charge in [-0.3, -0.25) is 4.79 Å². The van der Waals surface area contributed by atoms with Crippen LogP contribution in [0.15, 0.2) is 48.5 Å². The first-order valence-electron chi connectivity index (χ1n) is 7.56. The molecule has 0 saturated heterocycles. The third kappa shape index (κ3) is 5.02. The predicted molar refractivity (Wildman–Crippen MR) is 92.3 cm³/mol. The Hall–Kier alpha value is -2.49. The van der Waals surface area contributed by atoms with E-state index in [1.807, 2.05) is 18.2 Å². The molecule has 4 heteroatoms. The normalized spacial score (nSPS) is 11.0. The van der Waals surface area contributed by atoms with Gasteiger partial charge in [-0.1, -0.05) is 32.9 Å².